The standard InChI is InChI=1S/C15H23N3O/c1-4-16-13-5-6-17-14(8-13)15(19)18-9-11(2)7-12(3)10-18/h5-6,8,11-12H,4,7,9-10H2,1-3H3,(H,16,17). The number of carbonyl (C=O) groups excluding carboxylic acids is 1. The van der Waals surface area contributed by atoms with Crippen LogP contribution < -0.4 is 5.32 Å². The fraction of sp³-hybridized carbons (Fsp3) is 0.600. The van der Waals surface area contributed by atoms with Crippen LogP contribution in [0, 0.1) is 11.8 Å². The highest BCUT2D eigenvalue weighted by Gasteiger charge is 2.26. The van der Waals surface area contributed by atoms with Gasteiger partial charge in [0.1, 0.15) is 5.69 Å². The Hall–Kier alpha value is -1.58. The van der Waals surface area contributed by atoms with E-state index in [0.29, 0.717) is 17.5 Å². The van der Waals surface area contributed by atoms with Gasteiger partial charge in [0.2, 0.25) is 0 Å². The minimum absolute atomic E-state index is 0.0538. The summed E-state index contributed by atoms with van der Waals surface area (Å²) in [6, 6.07) is 3.73. The molecule has 0 saturated carbocycles. The molecule has 0 aromatic carbocycles. The number of nitrogens with zero attached hydrogens (tertiary/aromatic N) is 2. The third-order valence-electron chi connectivity index (χ3n) is 3.52. The van der Waals surface area contributed by atoms with E-state index in [1.165, 1.54) is 6.42 Å². The Morgan fingerprint density at radius 2 is 2.11 bits per heavy atom. The highest BCUT2D eigenvalue weighted by atomic mass is 16.2. The van der Waals surface area contributed by atoms with Gasteiger partial charge in [0.05, 0.1) is 0 Å². The molecule has 2 heterocycles. The second-order valence-electron chi connectivity index (χ2n) is 5.62. The number of nitrogens with one attached hydrogen (secondary N) is 1. The van der Waals surface area contributed by atoms with E-state index < -0.39 is 0 Å². The molecule has 4 heteroatoms. The van der Waals surface area contributed by atoms with Gasteiger partial charge in [-0.25, -0.2) is 0 Å². The van der Waals surface area contributed by atoms with Gasteiger partial charge in [0.15, 0.2) is 0 Å². The van der Waals surface area contributed by atoms with E-state index >= 15 is 0 Å². The average Bonchev–Trinajstić information content (AvgIpc) is 2.37. The number of likely N-dealkylation sites (tertiary alicyclic amines) is 1. The second-order valence-corrected chi connectivity index (χ2v) is 5.62. The summed E-state index contributed by atoms with van der Waals surface area (Å²) in [7, 11) is 0. The van der Waals surface area contributed by atoms with E-state index in [-0.39, 0.29) is 5.91 Å². The molecule has 4 nitrogen and oxygen atoms in total. The fourth-order valence-electron chi connectivity index (χ4n) is 2.85. The Morgan fingerprint density at radius 3 is 2.74 bits per heavy atom. The lowest BCUT2D eigenvalue weighted by Crippen LogP contribution is -2.42. The molecule has 0 aliphatic carbocycles. The zero-order chi connectivity index (χ0) is 13.8. The monoisotopic (exact) mass is 261 g/mol. The quantitative estimate of drug-likeness (QED) is 0.909. The van der Waals surface area contributed by atoms with Crippen molar-refractivity contribution in [2.45, 2.75) is 27.2 Å². The largest absolute Gasteiger partial charge is 0.385 e. The molecule has 104 valence electrons. The minimum atomic E-state index is 0.0538. The number of rotatable bonds is 3. The molecule has 0 spiro atoms. The first-order valence-corrected chi connectivity index (χ1v) is 7.09. The number of carbonyl (C=O) groups is 1. The van der Waals surface area contributed by atoms with Crippen molar-refractivity contribution in [1.82, 2.24) is 9.88 Å². The maximum absolute atomic E-state index is 12.5. The summed E-state index contributed by atoms with van der Waals surface area (Å²) in [4.78, 5) is 18.6. The van der Waals surface area contributed by atoms with Gasteiger partial charge in [-0.1, -0.05) is 13.8 Å². The number of piperidine rings is 1. The fourth-order valence-corrected chi connectivity index (χ4v) is 2.85. The van der Waals surface area contributed by atoms with Crippen LogP contribution in [0.5, 0.6) is 0 Å². The second kappa shape index (κ2) is 6.04. The Balaban J connectivity index is 2.12. The summed E-state index contributed by atoms with van der Waals surface area (Å²) in [6.45, 7) is 8.98. The zero-order valence-electron chi connectivity index (χ0n) is 12.0. The molecule has 2 atom stereocenters. The van der Waals surface area contributed by atoms with E-state index in [9.17, 15) is 4.79 Å². The summed E-state index contributed by atoms with van der Waals surface area (Å²) < 4.78 is 0. The molecule has 1 saturated heterocycles. The van der Waals surface area contributed by atoms with Crippen molar-refractivity contribution < 1.29 is 4.79 Å². The Morgan fingerprint density at radius 1 is 1.42 bits per heavy atom. The van der Waals surface area contributed by atoms with E-state index in [0.717, 1.165) is 25.3 Å². The molecule has 1 N–H and O–H groups in total. The molecule has 1 amide bonds. The summed E-state index contributed by atoms with van der Waals surface area (Å²) >= 11 is 0. The van der Waals surface area contributed by atoms with E-state index in [1.54, 1.807) is 6.20 Å². The van der Waals surface area contributed by atoms with Crippen LogP contribution in [0.15, 0.2) is 18.3 Å². The Labute approximate surface area is 115 Å². The highest BCUT2D eigenvalue weighted by molar-refractivity contribution is 5.93. The summed E-state index contributed by atoms with van der Waals surface area (Å²) in [6.07, 6.45) is 2.90. The average molecular weight is 261 g/mol. The maximum atomic E-state index is 12.5. The van der Waals surface area contributed by atoms with Gasteiger partial charge in [-0.2, -0.15) is 0 Å². The first kappa shape index (κ1) is 13.8. The highest BCUT2D eigenvalue weighted by Crippen LogP contribution is 2.22. The lowest BCUT2D eigenvalue weighted by atomic mass is 9.92. The zero-order valence-corrected chi connectivity index (χ0v) is 12.0. The minimum Gasteiger partial charge on any atom is -0.385 e. The summed E-state index contributed by atoms with van der Waals surface area (Å²) in [5.74, 6) is 1.20. The van der Waals surface area contributed by atoms with Gasteiger partial charge in [0.25, 0.3) is 5.91 Å². The smallest absolute Gasteiger partial charge is 0.272 e. The first-order valence-electron chi connectivity index (χ1n) is 7.09. The molecular formula is C15H23N3O. The van der Waals surface area contributed by atoms with Crippen LogP contribution in [0.25, 0.3) is 0 Å². The molecule has 1 aromatic rings. The van der Waals surface area contributed by atoms with Gasteiger partial charge >= 0.3 is 0 Å². The molecule has 2 rings (SSSR count). The lowest BCUT2D eigenvalue weighted by molar-refractivity contribution is 0.0617. The third-order valence-corrected chi connectivity index (χ3v) is 3.52. The predicted octanol–water partition coefficient (Wildman–Crippen LogP) is 2.63. The third kappa shape index (κ3) is 3.46. The normalized spacial score (nSPS) is 23.2. The summed E-state index contributed by atoms with van der Waals surface area (Å²) in [5.41, 5.74) is 1.50. The molecule has 1 fully saturated rings. The Bertz CT molecular complexity index is 437. The van der Waals surface area contributed by atoms with Crippen molar-refractivity contribution >= 4 is 11.6 Å². The first-order chi connectivity index (χ1) is 9.10. The van der Waals surface area contributed by atoms with Gasteiger partial charge in [-0.3, -0.25) is 9.78 Å². The van der Waals surface area contributed by atoms with Crippen molar-refractivity contribution in [2.75, 3.05) is 25.0 Å². The summed E-state index contributed by atoms with van der Waals surface area (Å²) in [5, 5.41) is 3.21. The molecular weight excluding hydrogens is 238 g/mol. The van der Waals surface area contributed by atoms with Crippen LogP contribution in [-0.2, 0) is 0 Å². The van der Waals surface area contributed by atoms with Crippen LogP contribution in [0.1, 0.15) is 37.7 Å². The topological polar surface area (TPSA) is 45.2 Å². The van der Waals surface area contributed by atoms with Crippen LogP contribution in [0.2, 0.25) is 0 Å². The maximum Gasteiger partial charge on any atom is 0.272 e. The van der Waals surface area contributed by atoms with Crippen molar-refractivity contribution in [3.05, 3.63) is 24.0 Å². The van der Waals surface area contributed by atoms with Gasteiger partial charge in [-0.05, 0) is 37.3 Å². The molecule has 0 radical (unpaired) electrons. The molecule has 0 bridgehead atoms. The van der Waals surface area contributed by atoms with Gasteiger partial charge in [0, 0.05) is 31.5 Å². The molecule has 1 aliphatic rings. The number of anilines is 1. The van der Waals surface area contributed by atoms with Crippen LogP contribution >= 0.6 is 0 Å². The molecule has 1 aromatic heterocycles. The number of hydrogen-bond acceptors (Lipinski definition) is 3. The van der Waals surface area contributed by atoms with Crippen molar-refractivity contribution in [1.29, 1.82) is 0 Å². The van der Waals surface area contributed by atoms with Crippen molar-refractivity contribution in [2.24, 2.45) is 11.8 Å². The Kier molecular flexibility index (Phi) is 4.40. The van der Waals surface area contributed by atoms with Crippen LogP contribution in [0.3, 0.4) is 0 Å². The van der Waals surface area contributed by atoms with Gasteiger partial charge in [-0.15, -0.1) is 0 Å². The van der Waals surface area contributed by atoms with Crippen LogP contribution in [-0.4, -0.2) is 35.4 Å². The lowest BCUT2D eigenvalue weighted by Gasteiger charge is -2.34. The van der Waals surface area contributed by atoms with E-state index in [4.69, 9.17) is 0 Å². The number of hydrogen-bond donors (Lipinski definition) is 1. The van der Waals surface area contributed by atoms with Crippen molar-refractivity contribution in [3.63, 3.8) is 0 Å². The van der Waals surface area contributed by atoms with E-state index in [2.05, 4.69) is 24.1 Å². The molecule has 19 heavy (non-hydrogen) atoms. The van der Waals surface area contributed by atoms with Crippen LogP contribution in [0.4, 0.5) is 5.69 Å². The van der Waals surface area contributed by atoms with E-state index in [1.807, 2.05) is 24.0 Å². The molecule has 1 aliphatic heterocycles. The van der Waals surface area contributed by atoms with Gasteiger partial charge < -0.3 is 10.2 Å². The molecule has 2 unspecified atom stereocenters. The van der Waals surface area contributed by atoms with Crippen molar-refractivity contribution in [3.8, 4) is 0 Å². The number of amides is 1. The SMILES string of the molecule is CCNc1ccnc(C(=O)N2CC(C)CC(C)C2)c1. The predicted molar refractivity (Wildman–Crippen MR) is 77.2 cm³/mol. The number of pyridine rings is 1. The number of aromatic nitrogens is 1.